The van der Waals surface area contributed by atoms with Gasteiger partial charge in [-0.05, 0) is 18.7 Å². The zero-order chi connectivity index (χ0) is 14.3. The van der Waals surface area contributed by atoms with Crippen LogP contribution < -0.4 is 10.1 Å². The summed E-state index contributed by atoms with van der Waals surface area (Å²) in [4.78, 5) is 0. The van der Waals surface area contributed by atoms with E-state index in [1.54, 1.807) is 0 Å². The van der Waals surface area contributed by atoms with Gasteiger partial charge in [0.2, 0.25) is 0 Å². The molecule has 19 heavy (non-hydrogen) atoms. The van der Waals surface area contributed by atoms with Crippen LogP contribution in [0.4, 0.5) is 13.2 Å². The van der Waals surface area contributed by atoms with Gasteiger partial charge in [-0.3, -0.25) is 0 Å². The Kier molecular flexibility index (Phi) is 5.64. The Labute approximate surface area is 110 Å². The number of benzene rings is 1. The number of hydrogen-bond donors (Lipinski definition) is 1. The van der Waals surface area contributed by atoms with Crippen LogP contribution in [0.5, 0.6) is 5.75 Å². The van der Waals surface area contributed by atoms with Gasteiger partial charge in [0.15, 0.2) is 0 Å². The summed E-state index contributed by atoms with van der Waals surface area (Å²) >= 11 is 0. The Morgan fingerprint density at radius 2 is 2.05 bits per heavy atom. The minimum Gasteiger partial charge on any atom is -0.493 e. The third-order valence-corrected chi connectivity index (χ3v) is 2.46. The maximum absolute atomic E-state index is 12.7. The first-order chi connectivity index (χ1) is 8.99. The minimum atomic E-state index is -4.44. The van der Waals surface area contributed by atoms with Crippen molar-refractivity contribution in [2.24, 2.45) is 0 Å². The Morgan fingerprint density at radius 1 is 1.37 bits per heavy atom. The lowest BCUT2D eigenvalue weighted by molar-refractivity contribution is -0.138. The van der Waals surface area contributed by atoms with E-state index in [4.69, 9.17) is 10.00 Å². The van der Waals surface area contributed by atoms with Gasteiger partial charge in [-0.2, -0.15) is 18.4 Å². The fourth-order valence-corrected chi connectivity index (χ4v) is 1.57. The van der Waals surface area contributed by atoms with E-state index in [9.17, 15) is 13.2 Å². The number of ether oxygens (including phenoxy) is 1. The molecule has 0 spiro atoms. The molecule has 1 atom stereocenters. The van der Waals surface area contributed by atoms with Crippen molar-refractivity contribution in [1.29, 1.82) is 5.26 Å². The Morgan fingerprint density at radius 3 is 2.63 bits per heavy atom. The number of alkyl halides is 3. The van der Waals surface area contributed by atoms with Crippen molar-refractivity contribution in [3.63, 3.8) is 0 Å². The molecule has 3 nitrogen and oxygen atoms in total. The first-order valence-corrected chi connectivity index (χ1v) is 5.91. The molecule has 1 aromatic rings. The molecule has 0 fully saturated rings. The molecule has 0 aliphatic heterocycles. The van der Waals surface area contributed by atoms with E-state index < -0.39 is 17.8 Å². The molecular formula is C13H15F3N2O. The van der Waals surface area contributed by atoms with Gasteiger partial charge < -0.3 is 10.1 Å². The van der Waals surface area contributed by atoms with Crippen molar-refractivity contribution in [3.8, 4) is 11.8 Å². The Hall–Kier alpha value is -1.74. The van der Waals surface area contributed by atoms with E-state index in [2.05, 4.69) is 5.32 Å². The molecule has 1 N–H and O–H groups in total. The number of nitriles is 1. The van der Waals surface area contributed by atoms with Crippen molar-refractivity contribution in [2.75, 3.05) is 13.2 Å². The summed E-state index contributed by atoms with van der Waals surface area (Å²) in [6.07, 6.45) is -4.11. The van der Waals surface area contributed by atoms with Gasteiger partial charge in [-0.15, -0.1) is 0 Å². The molecule has 0 aliphatic carbocycles. The smallest absolute Gasteiger partial charge is 0.419 e. The summed E-state index contributed by atoms with van der Waals surface area (Å²) in [7, 11) is 0. The fraction of sp³-hybridized carbons (Fsp3) is 0.462. The average molecular weight is 272 g/mol. The minimum absolute atomic E-state index is 0.0539. The molecule has 0 saturated carbocycles. The van der Waals surface area contributed by atoms with Crippen LogP contribution in [0.1, 0.15) is 18.9 Å². The predicted octanol–water partition coefficient (Wildman–Crippen LogP) is 2.98. The molecule has 0 radical (unpaired) electrons. The summed E-state index contributed by atoms with van der Waals surface area (Å²) < 4.78 is 43.2. The zero-order valence-electron chi connectivity index (χ0n) is 10.5. The number of rotatable bonds is 6. The van der Waals surface area contributed by atoms with Gasteiger partial charge in [0.05, 0.1) is 24.3 Å². The molecular weight excluding hydrogens is 257 g/mol. The molecule has 0 saturated heterocycles. The van der Waals surface area contributed by atoms with Crippen molar-refractivity contribution in [1.82, 2.24) is 5.32 Å². The second-order valence-electron chi connectivity index (χ2n) is 3.87. The lowest BCUT2D eigenvalue weighted by Crippen LogP contribution is -2.29. The van der Waals surface area contributed by atoms with Gasteiger partial charge in [0.25, 0.3) is 0 Å². The number of nitrogens with zero attached hydrogens (tertiary/aromatic N) is 1. The summed E-state index contributed by atoms with van der Waals surface area (Å²) in [5.74, 6) is -0.205. The Bertz CT molecular complexity index is 440. The second kappa shape index (κ2) is 7.00. The van der Waals surface area contributed by atoms with Crippen LogP contribution in [0, 0.1) is 11.3 Å². The van der Waals surface area contributed by atoms with Crippen LogP contribution in [0.15, 0.2) is 24.3 Å². The number of halogens is 3. The molecule has 0 bridgehead atoms. The molecule has 0 heterocycles. The van der Waals surface area contributed by atoms with E-state index in [1.165, 1.54) is 18.2 Å². The molecule has 0 aromatic heterocycles. The summed E-state index contributed by atoms with van der Waals surface area (Å²) in [6, 6.07) is 6.65. The maximum atomic E-state index is 12.7. The van der Waals surface area contributed by atoms with Gasteiger partial charge >= 0.3 is 6.18 Å². The molecule has 104 valence electrons. The second-order valence-corrected chi connectivity index (χ2v) is 3.87. The lowest BCUT2D eigenvalue weighted by Gasteiger charge is -2.15. The lowest BCUT2D eigenvalue weighted by atomic mass is 10.2. The highest BCUT2D eigenvalue weighted by Crippen LogP contribution is 2.35. The Balaban J connectivity index is 2.61. The molecule has 0 aliphatic rings. The van der Waals surface area contributed by atoms with E-state index in [1.807, 2.05) is 13.0 Å². The van der Waals surface area contributed by atoms with Gasteiger partial charge in [0.1, 0.15) is 5.75 Å². The van der Waals surface area contributed by atoms with E-state index >= 15 is 0 Å². The van der Waals surface area contributed by atoms with Gasteiger partial charge in [0, 0.05) is 6.42 Å². The number of hydrogen-bond acceptors (Lipinski definition) is 3. The highest BCUT2D eigenvalue weighted by molar-refractivity contribution is 5.35. The summed E-state index contributed by atoms with van der Waals surface area (Å²) in [5, 5.41) is 11.7. The van der Waals surface area contributed by atoms with E-state index in [-0.39, 0.29) is 12.4 Å². The van der Waals surface area contributed by atoms with E-state index in [0.29, 0.717) is 13.0 Å². The van der Waals surface area contributed by atoms with Crippen molar-refractivity contribution >= 4 is 0 Å². The van der Waals surface area contributed by atoms with Crippen LogP contribution in [0.2, 0.25) is 0 Å². The van der Waals surface area contributed by atoms with Crippen molar-refractivity contribution < 1.29 is 17.9 Å². The topological polar surface area (TPSA) is 45.0 Å². The first-order valence-electron chi connectivity index (χ1n) is 5.91. The molecule has 0 amide bonds. The van der Waals surface area contributed by atoms with Gasteiger partial charge in [-0.25, -0.2) is 0 Å². The predicted molar refractivity (Wildman–Crippen MR) is 64.6 cm³/mol. The summed E-state index contributed by atoms with van der Waals surface area (Å²) in [6.45, 7) is 2.53. The molecule has 1 unspecified atom stereocenters. The SMILES string of the molecule is CCNC(C#N)CCOc1ccccc1C(F)(F)F. The average Bonchev–Trinajstić information content (AvgIpc) is 2.37. The highest BCUT2D eigenvalue weighted by atomic mass is 19.4. The van der Waals surface area contributed by atoms with Crippen LogP contribution in [-0.4, -0.2) is 19.2 Å². The van der Waals surface area contributed by atoms with Crippen LogP contribution in [-0.2, 0) is 6.18 Å². The first kappa shape index (κ1) is 15.3. The van der Waals surface area contributed by atoms with Crippen LogP contribution in [0.3, 0.4) is 0 Å². The summed E-state index contributed by atoms with van der Waals surface area (Å²) in [5.41, 5.74) is -0.799. The third-order valence-electron chi connectivity index (χ3n) is 2.46. The number of nitrogens with one attached hydrogen (secondary N) is 1. The quantitative estimate of drug-likeness (QED) is 0.866. The van der Waals surface area contributed by atoms with E-state index in [0.717, 1.165) is 6.07 Å². The monoisotopic (exact) mass is 272 g/mol. The van der Waals surface area contributed by atoms with Crippen molar-refractivity contribution in [3.05, 3.63) is 29.8 Å². The maximum Gasteiger partial charge on any atom is 0.419 e. The highest BCUT2D eigenvalue weighted by Gasteiger charge is 2.33. The van der Waals surface area contributed by atoms with Gasteiger partial charge in [-0.1, -0.05) is 19.1 Å². The largest absolute Gasteiger partial charge is 0.493 e. The molecule has 1 aromatic carbocycles. The molecule has 1 rings (SSSR count). The van der Waals surface area contributed by atoms with Crippen molar-refractivity contribution in [2.45, 2.75) is 25.6 Å². The molecule has 6 heteroatoms. The van der Waals surface area contributed by atoms with Crippen LogP contribution >= 0.6 is 0 Å². The zero-order valence-corrected chi connectivity index (χ0v) is 10.5. The normalized spacial score (nSPS) is 12.8. The fourth-order valence-electron chi connectivity index (χ4n) is 1.57. The van der Waals surface area contributed by atoms with Crippen LogP contribution in [0.25, 0.3) is 0 Å². The third kappa shape index (κ3) is 4.79. The number of para-hydroxylation sites is 1. The standard InChI is InChI=1S/C13H15F3N2O/c1-2-18-10(9-17)7-8-19-12-6-4-3-5-11(12)13(14,15)16/h3-6,10,18H,2,7-8H2,1H3.